The molecule has 1 amide bonds. The highest BCUT2D eigenvalue weighted by Gasteiger charge is 2.20. The number of carbonyl (C=O) groups is 2. The van der Waals surface area contributed by atoms with Gasteiger partial charge in [0, 0.05) is 17.5 Å². The van der Waals surface area contributed by atoms with Crippen LogP contribution in [-0.2, 0) is 9.59 Å². The minimum atomic E-state index is -1.40. The highest BCUT2D eigenvalue weighted by molar-refractivity contribution is 5.86. The second-order valence-corrected chi connectivity index (χ2v) is 6.57. The molecule has 2 rings (SSSR count). The zero-order valence-corrected chi connectivity index (χ0v) is 16.2. The number of aryl methyl sites for hydroxylation is 1. The number of nitrogens with two attached hydrogens (primary N) is 2. The molecular formula is C19H24N4O6. The van der Waals surface area contributed by atoms with E-state index in [0.29, 0.717) is 24.3 Å². The third-order valence-corrected chi connectivity index (χ3v) is 4.20. The number of benzene rings is 1. The van der Waals surface area contributed by atoms with E-state index in [1.807, 2.05) is 0 Å². The van der Waals surface area contributed by atoms with Gasteiger partial charge in [0.2, 0.25) is 0 Å². The number of ether oxygens (including phenoxy) is 1. The van der Waals surface area contributed by atoms with Crippen molar-refractivity contribution in [3.8, 4) is 5.75 Å². The van der Waals surface area contributed by atoms with Crippen molar-refractivity contribution in [3.05, 3.63) is 40.2 Å². The predicted octanol–water partition coefficient (Wildman–Crippen LogP) is -2.76. The third-order valence-electron chi connectivity index (χ3n) is 4.20. The summed E-state index contributed by atoms with van der Waals surface area (Å²) >= 11 is 0. The summed E-state index contributed by atoms with van der Waals surface area (Å²) < 4.78 is 10.7. The van der Waals surface area contributed by atoms with Crippen molar-refractivity contribution in [3.63, 3.8) is 0 Å². The van der Waals surface area contributed by atoms with Gasteiger partial charge < -0.3 is 24.4 Å². The van der Waals surface area contributed by atoms with Crippen LogP contribution in [0.4, 0.5) is 0 Å². The maximum atomic E-state index is 12.3. The lowest BCUT2D eigenvalue weighted by Crippen LogP contribution is -2.78. The van der Waals surface area contributed by atoms with Crippen molar-refractivity contribution >= 4 is 28.8 Å². The van der Waals surface area contributed by atoms with Gasteiger partial charge in [-0.25, -0.2) is 4.79 Å². The molecule has 0 bridgehead atoms. The Morgan fingerprint density at radius 3 is 2.69 bits per heavy atom. The van der Waals surface area contributed by atoms with Crippen LogP contribution in [0.5, 0.6) is 5.75 Å². The van der Waals surface area contributed by atoms with Crippen molar-refractivity contribution in [2.75, 3.05) is 6.54 Å². The summed E-state index contributed by atoms with van der Waals surface area (Å²) in [6.07, 6.45) is -0.465. The van der Waals surface area contributed by atoms with E-state index in [0.717, 1.165) is 10.9 Å². The Morgan fingerprint density at radius 1 is 1.31 bits per heavy atom. The third kappa shape index (κ3) is 6.23. The van der Waals surface area contributed by atoms with Gasteiger partial charge in [0.15, 0.2) is 6.10 Å². The molecule has 0 aliphatic carbocycles. The zero-order valence-electron chi connectivity index (χ0n) is 16.2. The van der Waals surface area contributed by atoms with Crippen LogP contribution in [0.1, 0.15) is 25.3 Å². The molecule has 6 N–H and O–H groups in total. The molecule has 2 unspecified atom stereocenters. The van der Waals surface area contributed by atoms with Crippen molar-refractivity contribution < 1.29 is 28.8 Å². The van der Waals surface area contributed by atoms with Crippen molar-refractivity contribution in [2.45, 2.75) is 38.8 Å². The lowest BCUT2D eigenvalue weighted by Gasteiger charge is -2.22. The number of aliphatic carboxylic acids is 1. The molecule has 2 atom stereocenters. The lowest BCUT2D eigenvalue weighted by molar-refractivity contribution is -0.459. The Morgan fingerprint density at radius 2 is 2.03 bits per heavy atom. The first-order chi connectivity index (χ1) is 13.7. The minimum Gasteiger partial charge on any atom is -0.548 e. The van der Waals surface area contributed by atoms with Crippen molar-refractivity contribution in [2.24, 2.45) is 11.5 Å². The van der Waals surface area contributed by atoms with Gasteiger partial charge in [-0.3, -0.25) is 21.3 Å². The van der Waals surface area contributed by atoms with Crippen LogP contribution < -0.4 is 37.2 Å². The molecular weight excluding hydrogens is 380 g/mol. The molecule has 0 aliphatic rings. The summed E-state index contributed by atoms with van der Waals surface area (Å²) in [4.78, 5) is 37.8. The fourth-order valence-electron chi connectivity index (χ4n) is 2.71. The number of carboxylic acids is 1. The number of guanidine groups is 1. The predicted molar refractivity (Wildman–Crippen MR) is 103 cm³/mol. The van der Waals surface area contributed by atoms with E-state index in [9.17, 15) is 19.5 Å². The zero-order chi connectivity index (χ0) is 21.6. The fraction of sp³-hybridized carbons (Fsp3) is 0.368. The van der Waals surface area contributed by atoms with Crippen LogP contribution in [0.2, 0.25) is 0 Å². The summed E-state index contributed by atoms with van der Waals surface area (Å²) in [5, 5.41) is 14.4. The summed E-state index contributed by atoms with van der Waals surface area (Å²) in [5.41, 5.74) is 11.1. The number of carbonyl (C=O) groups excluding carboxylic acids is 2. The van der Waals surface area contributed by atoms with Crippen LogP contribution in [0.15, 0.2) is 33.5 Å². The van der Waals surface area contributed by atoms with Gasteiger partial charge in [0.05, 0.1) is 18.6 Å². The normalized spacial score (nSPS) is 12.8. The molecule has 1 heterocycles. The summed E-state index contributed by atoms with van der Waals surface area (Å²) in [6.45, 7) is 3.62. The first-order valence-corrected chi connectivity index (χ1v) is 9.01. The van der Waals surface area contributed by atoms with E-state index in [4.69, 9.17) is 20.6 Å². The molecule has 0 fully saturated rings. The van der Waals surface area contributed by atoms with Gasteiger partial charge in [-0.05, 0) is 44.4 Å². The summed E-state index contributed by atoms with van der Waals surface area (Å²) in [6, 6.07) is 5.04. The van der Waals surface area contributed by atoms with Crippen molar-refractivity contribution in [1.82, 2.24) is 5.32 Å². The highest BCUT2D eigenvalue weighted by atomic mass is 16.5. The molecule has 10 heteroatoms. The smallest absolute Gasteiger partial charge is 0.338 e. The summed E-state index contributed by atoms with van der Waals surface area (Å²) in [7, 11) is 0. The fourth-order valence-corrected chi connectivity index (χ4v) is 2.71. The molecule has 1 aromatic carbocycles. The van der Waals surface area contributed by atoms with Gasteiger partial charge in [0.1, 0.15) is 11.3 Å². The number of amides is 1. The van der Waals surface area contributed by atoms with Crippen LogP contribution >= 0.6 is 0 Å². The number of nitrogens with one attached hydrogen (secondary N) is 2. The SMILES string of the molecule is Cc1cc(=O)oc2cc(OC(C)C(=O)NC(CCC[NH+]=C(N)N)C(=O)[O-])ccc12. The van der Waals surface area contributed by atoms with E-state index in [1.165, 1.54) is 19.1 Å². The van der Waals surface area contributed by atoms with E-state index in [2.05, 4.69) is 10.3 Å². The first kappa shape index (κ1) is 21.7. The van der Waals surface area contributed by atoms with Gasteiger partial charge in [-0.15, -0.1) is 0 Å². The monoisotopic (exact) mass is 404 g/mol. The molecule has 156 valence electrons. The largest absolute Gasteiger partial charge is 0.548 e. The van der Waals surface area contributed by atoms with Crippen molar-refractivity contribution in [1.29, 1.82) is 0 Å². The van der Waals surface area contributed by atoms with Gasteiger partial charge in [0.25, 0.3) is 5.91 Å². The molecule has 1 aromatic heterocycles. The molecule has 29 heavy (non-hydrogen) atoms. The molecule has 2 aromatic rings. The van der Waals surface area contributed by atoms with Crippen LogP contribution in [0.25, 0.3) is 11.0 Å². The molecule has 0 saturated heterocycles. The average molecular weight is 404 g/mol. The maximum Gasteiger partial charge on any atom is 0.338 e. The van der Waals surface area contributed by atoms with Crippen LogP contribution in [0.3, 0.4) is 0 Å². The second-order valence-electron chi connectivity index (χ2n) is 6.57. The Balaban J connectivity index is 2.01. The maximum absolute atomic E-state index is 12.3. The van der Waals surface area contributed by atoms with Gasteiger partial charge in [-0.2, -0.15) is 0 Å². The van der Waals surface area contributed by atoms with E-state index >= 15 is 0 Å². The second kappa shape index (κ2) is 9.58. The average Bonchev–Trinajstić information content (AvgIpc) is 2.63. The van der Waals surface area contributed by atoms with E-state index in [1.54, 1.807) is 19.1 Å². The molecule has 10 nitrogen and oxygen atoms in total. The summed E-state index contributed by atoms with van der Waals surface area (Å²) in [5.74, 6) is -1.69. The van der Waals surface area contributed by atoms with Crippen LogP contribution in [-0.4, -0.2) is 36.5 Å². The van der Waals surface area contributed by atoms with Gasteiger partial charge in [-0.1, -0.05) is 0 Å². The number of fused-ring (bicyclic) bond motifs is 1. The molecule has 0 aliphatic heterocycles. The Kier molecular flexibility index (Phi) is 7.18. The molecule has 0 spiro atoms. The minimum absolute atomic E-state index is 0.0301. The Labute approximate surface area is 166 Å². The standard InChI is InChI=1S/C19H24N4O6/c1-10-8-16(24)29-15-9-12(5-6-13(10)15)28-11(2)17(25)23-14(18(26)27)4-3-7-22-19(20)21/h5-6,8-9,11,14H,3-4,7H2,1-2H3,(H,23,25)(H,26,27)(H4,20,21,22). The number of hydrogen-bond acceptors (Lipinski definition) is 6. The number of rotatable bonds is 9. The quantitative estimate of drug-likeness (QED) is 0.150. The topological polar surface area (TPSA) is 175 Å². The Hall–Kier alpha value is -3.56. The lowest BCUT2D eigenvalue weighted by atomic mass is 10.1. The van der Waals surface area contributed by atoms with Crippen LogP contribution in [0, 0.1) is 6.92 Å². The van der Waals surface area contributed by atoms with E-state index in [-0.39, 0.29) is 12.4 Å². The number of carboxylic acid groups (broad SMARTS) is 1. The first-order valence-electron chi connectivity index (χ1n) is 9.01. The molecule has 0 saturated carbocycles. The Bertz CT molecular complexity index is 980. The molecule has 0 radical (unpaired) electrons. The number of hydrogen-bond donors (Lipinski definition) is 4. The highest BCUT2D eigenvalue weighted by Crippen LogP contribution is 2.23. The van der Waals surface area contributed by atoms with E-state index < -0.39 is 29.6 Å². The van der Waals surface area contributed by atoms with Gasteiger partial charge >= 0.3 is 11.6 Å².